The van der Waals surface area contributed by atoms with Gasteiger partial charge in [-0.05, 0) is 24.9 Å². The first kappa shape index (κ1) is 14.5. The minimum Gasteiger partial charge on any atom is -0.330 e. The minimum atomic E-state index is 0.475. The summed E-state index contributed by atoms with van der Waals surface area (Å²) in [6.45, 7) is 5.29. The van der Waals surface area contributed by atoms with Gasteiger partial charge in [-0.15, -0.1) is 0 Å². The molecule has 2 rings (SSSR count). The van der Waals surface area contributed by atoms with E-state index in [-0.39, 0.29) is 0 Å². The maximum absolute atomic E-state index is 6.01. The normalized spacial score (nSPS) is 18.7. The van der Waals surface area contributed by atoms with Gasteiger partial charge in [0.05, 0.1) is 0 Å². The van der Waals surface area contributed by atoms with E-state index in [1.807, 2.05) is 0 Å². The Balaban J connectivity index is 1.99. The highest BCUT2D eigenvalue weighted by atomic mass is 15.2. The predicted molar refractivity (Wildman–Crippen MR) is 82.4 cm³/mol. The third kappa shape index (κ3) is 4.05. The van der Waals surface area contributed by atoms with Crippen LogP contribution in [0.1, 0.15) is 50.5 Å². The second-order valence-corrected chi connectivity index (χ2v) is 5.72. The van der Waals surface area contributed by atoms with E-state index in [0.29, 0.717) is 5.92 Å². The lowest BCUT2D eigenvalue weighted by molar-refractivity contribution is 0.155. The average Bonchev–Trinajstić information content (AvgIpc) is 2.50. The van der Waals surface area contributed by atoms with Gasteiger partial charge < -0.3 is 10.6 Å². The minimum absolute atomic E-state index is 0.475. The van der Waals surface area contributed by atoms with E-state index in [4.69, 9.17) is 5.73 Å². The van der Waals surface area contributed by atoms with Gasteiger partial charge in [0.15, 0.2) is 0 Å². The highest BCUT2D eigenvalue weighted by Crippen LogP contribution is 2.25. The molecular weight excluding hydrogens is 232 g/mol. The fraction of sp³-hybridized carbons (Fsp3) is 0.647. The standard InChI is InChI=1S/C17H28N2/c1-2-19(17-11-7-4-8-12-17)14-16(13-18)15-9-5-3-6-10-15/h3,5-6,9-10,16-17H,2,4,7-8,11-14,18H2,1H3. The molecule has 1 unspecified atom stereocenters. The van der Waals surface area contributed by atoms with Crippen LogP contribution in [0.5, 0.6) is 0 Å². The first-order chi connectivity index (χ1) is 9.35. The Hall–Kier alpha value is -0.860. The Kier molecular flexibility index (Phi) is 5.87. The van der Waals surface area contributed by atoms with Gasteiger partial charge in [-0.25, -0.2) is 0 Å². The second-order valence-electron chi connectivity index (χ2n) is 5.72. The molecule has 19 heavy (non-hydrogen) atoms. The summed E-state index contributed by atoms with van der Waals surface area (Å²) >= 11 is 0. The molecule has 0 spiro atoms. The second kappa shape index (κ2) is 7.66. The monoisotopic (exact) mass is 260 g/mol. The van der Waals surface area contributed by atoms with Crippen molar-refractivity contribution in [3.05, 3.63) is 35.9 Å². The van der Waals surface area contributed by atoms with Crippen LogP contribution < -0.4 is 5.73 Å². The summed E-state index contributed by atoms with van der Waals surface area (Å²) in [7, 11) is 0. The van der Waals surface area contributed by atoms with Crippen LogP contribution in [0.2, 0.25) is 0 Å². The fourth-order valence-electron chi connectivity index (χ4n) is 3.31. The summed E-state index contributed by atoms with van der Waals surface area (Å²) in [4.78, 5) is 2.66. The SMILES string of the molecule is CCN(CC(CN)c1ccccc1)C1CCCCC1. The summed E-state index contributed by atoms with van der Waals surface area (Å²) in [5.74, 6) is 0.475. The van der Waals surface area contributed by atoms with E-state index < -0.39 is 0 Å². The maximum atomic E-state index is 6.01. The molecule has 1 saturated carbocycles. The van der Waals surface area contributed by atoms with Gasteiger partial charge in [0.25, 0.3) is 0 Å². The molecule has 0 heterocycles. The van der Waals surface area contributed by atoms with Crippen molar-refractivity contribution in [2.75, 3.05) is 19.6 Å². The van der Waals surface area contributed by atoms with Crippen molar-refractivity contribution in [1.82, 2.24) is 4.90 Å². The predicted octanol–water partition coefficient (Wildman–Crippen LogP) is 3.38. The molecule has 0 saturated heterocycles. The van der Waals surface area contributed by atoms with Gasteiger partial charge in [-0.2, -0.15) is 0 Å². The molecule has 0 aromatic heterocycles. The number of benzene rings is 1. The summed E-state index contributed by atoms with van der Waals surface area (Å²) in [6.07, 6.45) is 6.98. The molecule has 1 aliphatic rings. The Morgan fingerprint density at radius 2 is 1.84 bits per heavy atom. The van der Waals surface area contributed by atoms with Gasteiger partial charge in [0.1, 0.15) is 0 Å². The van der Waals surface area contributed by atoms with Crippen molar-refractivity contribution in [2.45, 2.75) is 51.0 Å². The van der Waals surface area contributed by atoms with Crippen LogP contribution in [0.4, 0.5) is 0 Å². The molecule has 1 aliphatic carbocycles. The molecule has 106 valence electrons. The molecule has 0 amide bonds. The van der Waals surface area contributed by atoms with Crippen molar-refractivity contribution in [3.8, 4) is 0 Å². The van der Waals surface area contributed by atoms with Gasteiger partial charge >= 0.3 is 0 Å². The number of rotatable bonds is 6. The van der Waals surface area contributed by atoms with Crippen LogP contribution in [0.25, 0.3) is 0 Å². The molecule has 1 aromatic carbocycles. The molecule has 0 radical (unpaired) electrons. The largest absolute Gasteiger partial charge is 0.330 e. The molecule has 2 N–H and O–H groups in total. The third-order valence-electron chi connectivity index (χ3n) is 4.51. The first-order valence-electron chi connectivity index (χ1n) is 7.84. The Bertz CT molecular complexity index is 344. The quantitative estimate of drug-likeness (QED) is 0.849. The fourth-order valence-corrected chi connectivity index (χ4v) is 3.31. The van der Waals surface area contributed by atoms with E-state index in [9.17, 15) is 0 Å². The highest BCUT2D eigenvalue weighted by molar-refractivity contribution is 5.20. The number of hydrogen-bond acceptors (Lipinski definition) is 2. The number of nitrogens with two attached hydrogens (primary N) is 1. The van der Waals surface area contributed by atoms with Crippen LogP contribution in [0.3, 0.4) is 0 Å². The van der Waals surface area contributed by atoms with E-state index in [1.54, 1.807) is 0 Å². The van der Waals surface area contributed by atoms with Crippen molar-refractivity contribution in [2.24, 2.45) is 5.73 Å². The van der Waals surface area contributed by atoms with E-state index >= 15 is 0 Å². The lowest BCUT2D eigenvalue weighted by Gasteiger charge is -2.35. The summed E-state index contributed by atoms with van der Waals surface area (Å²) < 4.78 is 0. The zero-order valence-electron chi connectivity index (χ0n) is 12.2. The smallest absolute Gasteiger partial charge is 0.00953 e. The van der Waals surface area contributed by atoms with E-state index in [2.05, 4.69) is 42.2 Å². The van der Waals surface area contributed by atoms with Crippen LogP contribution in [0, 0.1) is 0 Å². The molecule has 1 fully saturated rings. The lowest BCUT2D eigenvalue weighted by Crippen LogP contribution is -2.40. The molecule has 2 nitrogen and oxygen atoms in total. The van der Waals surface area contributed by atoms with Crippen LogP contribution >= 0.6 is 0 Å². The van der Waals surface area contributed by atoms with Crippen molar-refractivity contribution >= 4 is 0 Å². The highest BCUT2D eigenvalue weighted by Gasteiger charge is 2.22. The van der Waals surface area contributed by atoms with Crippen LogP contribution in [-0.2, 0) is 0 Å². The van der Waals surface area contributed by atoms with Crippen LogP contribution in [0.15, 0.2) is 30.3 Å². The molecule has 1 aromatic rings. The average molecular weight is 260 g/mol. The van der Waals surface area contributed by atoms with E-state index in [0.717, 1.165) is 25.7 Å². The van der Waals surface area contributed by atoms with Crippen molar-refractivity contribution in [1.29, 1.82) is 0 Å². The summed E-state index contributed by atoms with van der Waals surface area (Å²) in [6, 6.07) is 11.5. The molecule has 2 heteroatoms. The van der Waals surface area contributed by atoms with Crippen molar-refractivity contribution in [3.63, 3.8) is 0 Å². The van der Waals surface area contributed by atoms with Gasteiger partial charge in [-0.3, -0.25) is 0 Å². The maximum Gasteiger partial charge on any atom is 0.00953 e. The van der Waals surface area contributed by atoms with Crippen LogP contribution in [-0.4, -0.2) is 30.6 Å². The van der Waals surface area contributed by atoms with Gasteiger partial charge in [0.2, 0.25) is 0 Å². The zero-order valence-corrected chi connectivity index (χ0v) is 12.2. The molecule has 1 atom stereocenters. The lowest BCUT2D eigenvalue weighted by atomic mass is 9.92. The third-order valence-corrected chi connectivity index (χ3v) is 4.51. The Labute approximate surface area is 118 Å². The molecular formula is C17H28N2. The Morgan fingerprint density at radius 1 is 1.16 bits per heavy atom. The van der Waals surface area contributed by atoms with Crippen molar-refractivity contribution < 1.29 is 0 Å². The Morgan fingerprint density at radius 3 is 2.42 bits per heavy atom. The first-order valence-corrected chi connectivity index (χ1v) is 7.84. The van der Waals surface area contributed by atoms with E-state index in [1.165, 1.54) is 37.7 Å². The number of likely N-dealkylation sites (N-methyl/N-ethyl adjacent to an activating group) is 1. The summed E-state index contributed by atoms with van der Waals surface area (Å²) in [5, 5.41) is 0. The van der Waals surface area contributed by atoms with Gasteiger partial charge in [-0.1, -0.05) is 56.5 Å². The number of nitrogens with zero attached hydrogens (tertiary/aromatic N) is 1. The summed E-state index contributed by atoms with van der Waals surface area (Å²) in [5.41, 5.74) is 7.40. The zero-order chi connectivity index (χ0) is 13.5. The number of hydrogen-bond donors (Lipinski definition) is 1. The molecule has 0 aliphatic heterocycles. The molecule has 0 bridgehead atoms. The topological polar surface area (TPSA) is 29.3 Å². The van der Waals surface area contributed by atoms with Gasteiger partial charge in [0, 0.05) is 25.0 Å².